The zero-order chi connectivity index (χ0) is 24.7. The van der Waals surface area contributed by atoms with Crippen molar-refractivity contribution in [2.45, 2.75) is 26.6 Å². The molecule has 0 amide bonds. The maximum Gasteiger partial charge on any atom is 0.426 e. The van der Waals surface area contributed by atoms with Gasteiger partial charge in [0.15, 0.2) is 16.1 Å². The minimum atomic E-state index is -4.65. The molecule has 2 atom stereocenters. The highest BCUT2D eigenvalue weighted by Crippen LogP contribution is 2.60. The molecule has 0 N–H and O–H groups in total. The average Bonchev–Trinajstić information content (AvgIpc) is 3.27. The number of hydrogen-bond donors (Lipinski definition) is 0. The summed E-state index contributed by atoms with van der Waals surface area (Å²) in [6.07, 6.45) is -3.78. The van der Waals surface area contributed by atoms with Gasteiger partial charge in [0.1, 0.15) is 27.4 Å². The maximum atomic E-state index is 12.7. The number of nitrogens with zero attached hydrogens (tertiary/aromatic N) is 1. The fraction of sp³-hybridized carbons (Fsp3) is 0.333. The zero-order valence-corrected chi connectivity index (χ0v) is 20.7. The van der Waals surface area contributed by atoms with Crippen LogP contribution < -0.4 is 4.74 Å². The summed E-state index contributed by atoms with van der Waals surface area (Å²) >= 11 is 29.2. The Morgan fingerprint density at radius 2 is 1.64 bits per heavy atom. The predicted octanol–water partition coefficient (Wildman–Crippen LogP) is 8.49. The number of allylic oxidation sites excluding steroid dienone is 2. The van der Waals surface area contributed by atoms with Crippen LogP contribution in [-0.2, 0) is 16.1 Å². The molecule has 178 valence electrons. The Balaban J connectivity index is 1.62. The third-order valence-corrected chi connectivity index (χ3v) is 7.02. The lowest BCUT2D eigenvalue weighted by Crippen LogP contribution is -2.11. The van der Waals surface area contributed by atoms with E-state index in [-0.39, 0.29) is 32.7 Å². The molecule has 33 heavy (non-hydrogen) atoms. The molecule has 0 aliphatic heterocycles. The Kier molecular flexibility index (Phi) is 7.71. The van der Waals surface area contributed by atoms with Crippen LogP contribution >= 0.6 is 58.0 Å². The van der Waals surface area contributed by atoms with Crippen molar-refractivity contribution in [2.24, 2.45) is 17.3 Å². The van der Waals surface area contributed by atoms with Crippen molar-refractivity contribution < 1.29 is 27.4 Å². The molecule has 0 bridgehead atoms. The molecule has 1 aliphatic carbocycles. The number of halogens is 8. The third kappa shape index (κ3) is 5.82. The van der Waals surface area contributed by atoms with E-state index in [1.54, 1.807) is 38.1 Å². The van der Waals surface area contributed by atoms with Crippen LogP contribution in [0.3, 0.4) is 0 Å². The number of carbonyl (C=O) groups excluding carboxylic acids is 1. The van der Waals surface area contributed by atoms with Crippen LogP contribution in [0.5, 0.6) is 11.5 Å². The van der Waals surface area contributed by atoms with Gasteiger partial charge in [-0.3, -0.25) is 4.79 Å². The first-order valence-electron chi connectivity index (χ1n) is 9.31. The van der Waals surface area contributed by atoms with Gasteiger partial charge in [0, 0.05) is 0 Å². The summed E-state index contributed by atoms with van der Waals surface area (Å²) in [6.45, 7) is 3.28. The molecular formula is C21H15Cl5F3NO3. The van der Waals surface area contributed by atoms with E-state index >= 15 is 0 Å². The van der Waals surface area contributed by atoms with E-state index in [1.165, 1.54) is 0 Å². The molecule has 0 spiro atoms. The molecule has 1 aliphatic rings. The molecule has 1 heterocycles. The van der Waals surface area contributed by atoms with Crippen molar-refractivity contribution >= 4 is 64.0 Å². The number of ether oxygens (including phenoxy) is 2. The van der Waals surface area contributed by atoms with Gasteiger partial charge in [-0.1, -0.05) is 90.1 Å². The van der Waals surface area contributed by atoms with E-state index in [2.05, 4.69) is 4.98 Å². The standard InChI is InChI=1S/C21H15Cl5F3NO3/c1-20(2)11(7-12(22)21(27,28)29)13(20)19(31)32-8-9-3-5-10(6-4-9)33-16-14(23)17(25)30-18(26)15(16)24/h3-7,11,13H,8H2,1-2H3/b12-7-. The number of esters is 1. The molecule has 4 nitrogen and oxygen atoms in total. The highest BCUT2D eigenvalue weighted by molar-refractivity contribution is 6.47. The molecule has 1 aromatic heterocycles. The molecule has 2 aromatic rings. The number of hydrogen-bond acceptors (Lipinski definition) is 4. The quantitative estimate of drug-likeness (QED) is 0.261. The van der Waals surface area contributed by atoms with Crippen LogP contribution in [0.15, 0.2) is 35.4 Å². The largest absolute Gasteiger partial charge is 0.461 e. The fourth-order valence-electron chi connectivity index (χ4n) is 3.26. The number of rotatable bonds is 6. The molecule has 1 saturated carbocycles. The average molecular weight is 564 g/mol. The lowest BCUT2D eigenvalue weighted by atomic mass is 10.1. The Hall–Kier alpha value is -1.38. The molecule has 0 saturated heterocycles. The Bertz CT molecular complexity index is 1080. The first-order chi connectivity index (χ1) is 15.2. The van der Waals surface area contributed by atoms with Crippen molar-refractivity contribution in [1.82, 2.24) is 4.98 Å². The maximum absolute atomic E-state index is 12.7. The highest BCUT2D eigenvalue weighted by atomic mass is 35.5. The van der Waals surface area contributed by atoms with E-state index in [1.807, 2.05) is 0 Å². The first-order valence-corrected chi connectivity index (χ1v) is 11.2. The minimum absolute atomic E-state index is 0.00893. The topological polar surface area (TPSA) is 48.4 Å². The molecule has 1 aromatic carbocycles. The Morgan fingerprint density at radius 1 is 1.09 bits per heavy atom. The third-order valence-electron chi connectivity index (χ3n) is 5.24. The number of carbonyl (C=O) groups is 1. The van der Waals surface area contributed by atoms with E-state index in [0.717, 1.165) is 6.08 Å². The lowest BCUT2D eigenvalue weighted by Gasteiger charge is -2.12. The van der Waals surface area contributed by atoms with Gasteiger partial charge in [0.2, 0.25) is 0 Å². The van der Waals surface area contributed by atoms with Crippen LogP contribution in [0.1, 0.15) is 19.4 Å². The van der Waals surface area contributed by atoms with Gasteiger partial charge in [0.25, 0.3) is 0 Å². The molecule has 3 rings (SSSR count). The van der Waals surface area contributed by atoms with Crippen molar-refractivity contribution in [3.63, 3.8) is 0 Å². The summed E-state index contributed by atoms with van der Waals surface area (Å²) in [7, 11) is 0. The van der Waals surface area contributed by atoms with Gasteiger partial charge in [-0.15, -0.1) is 0 Å². The number of benzene rings is 1. The first kappa shape index (κ1) is 26.2. The van der Waals surface area contributed by atoms with Crippen LogP contribution in [0.25, 0.3) is 0 Å². The summed E-state index contributed by atoms with van der Waals surface area (Å²) in [5, 5.41) is -1.41. The molecular weight excluding hydrogens is 548 g/mol. The number of alkyl halides is 3. The molecule has 12 heteroatoms. The summed E-state index contributed by atoms with van der Waals surface area (Å²) in [6, 6.07) is 6.41. The smallest absolute Gasteiger partial charge is 0.426 e. The minimum Gasteiger partial charge on any atom is -0.461 e. The molecule has 2 unspecified atom stereocenters. The number of pyridine rings is 1. The summed E-state index contributed by atoms with van der Waals surface area (Å²) in [5.74, 6) is -1.60. The monoisotopic (exact) mass is 561 g/mol. The van der Waals surface area contributed by atoms with Crippen molar-refractivity contribution in [3.05, 3.63) is 61.3 Å². The zero-order valence-electron chi connectivity index (χ0n) is 16.9. The van der Waals surface area contributed by atoms with Gasteiger partial charge < -0.3 is 9.47 Å². The van der Waals surface area contributed by atoms with Gasteiger partial charge >= 0.3 is 12.1 Å². The molecule has 1 fully saturated rings. The van der Waals surface area contributed by atoms with Gasteiger partial charge in [-0.2, -0.15) is 13.2 Å². The van der Waals surface area contributed by atoms with E-state index in [0.29, 0.717) is 11.3 Å². The second-order valence-electron chi connectivity index (χ2n) is 7.84. The van der Waals surface area contributed by atoms with E-state index < -0.39 is 34.4 Å². The van der Waals surface area contributed by atoms with Gasteiger partial charge in [-0.25, -0.2) is 4.98 Å². The van der Waals surface area contributed by atoms with Crippen LogP contribution in [0.4, 0.5) is 13.2 Å². The lowest BCUT2D eigenvalue weighted by molar-refractivity contribution is -0.147. The van der Waals surface area contributed by atoms with Crippen molar-refractivity contribution in [1.29, 1.82) is 0 Å². The van der Waals surface area contributed by atoms with Crippen LogP contribution in [0.2, 0.25) is 20.4 Å². The van der Waals surface area contributed by atoms with Crippen molar-refractivity contribution in [2.75, 3.05) is 0 Å². The van der Waals surface area contributed by atoms with E-state index in [4.69, 9.17) is 67.5 Å². The Morgan fingerprint density at radius 3 is 2.15 bits per heavy atom. The highest BCUT2D eigenvalue weighted by Gasteiger charge is 2.62. The second-order valence-corrected chi connectivity index (χ2v) is 9.72. The van der Waals surface area contributed by atoms with Gasteiger partial charge in [0.05, 0.1) is 5.92 Å². The summed E-state index contributed by atoms with van der Waals surface area (Å²) < 4.78 is 49.0. The fourth-order valence-corrected chi connectivity index (χ4v) is 4.18. The normalized spacial score (nSPS) is 19.9. The SMILES string of the molecule is CC1(C)C(/C=C(\Cl)C(F)(F)F)C1C(=O)OCc1ccc(Oc2c(Cl)c(Cl)nc(Cl)c2Cl)cc1. The summed E-state index contributed by atoms with van der Waals surface area (Å²) in [5.41, 5.74) is -0.0660. The van der Waals surface area contributed by atoms with Crippen molar-refractivity contribution in [3.8, 4) is 11.5 Å². The predicted molar refractivity (Wildman–Crippen MR) is 121 cm³/mol. The van der Waals surface area contributed by atoms with Crippen LogP contribution in [0, 0.1) is 17.3 Å². The second kappa shape index (κ2) is 9.70. The van der Waals surface area contributed by atoms with Crippen LogP contribution in [-0.4, -0.2) is 17.1 Å². The van der Waals surface area contributed by atoms with Gasteiger partial charge in [-0.05, 0) is 29.0 Å². The number of aromatic nitrogens is 1. The summed E-state index contributed by atoms with van der Waals surface area (Å²) in [4.78, 5) is 16.2. The molecule has 0 radical (unpaired) electrons. The van der Waals surface area contributed by atoms with E-state index in [9.17, 15) is 18.0 Å². The Labute approximate surface area is 212 Å².